The van der Waals surface area contributed by atoms with Gasteiger partial charge in [-0.15, -0.1) is 0 Å². The molecule has 1 aromatic rings. The molecule has 0 atom stereocenters. The molecule has 1 saturated carbocycles. The number of rotatable bonds is 6. The van der Waals surface area contributed by atoms with Crippen molar-refractivity contribution in [3.63, 3.8) is 0 Å². The van der Waals surface area contributed by atoms with Gasteiger partial charge >= 0.3 is 5.97 Å². The van der Waals surface area contributed by atoms with Crippen LogP contribution in [0, 0.1) is 5.41 Å². The lowest BCUT2D eigenvalue weighted by Crippen LogP contribution is -2.41. The molecule has 0 saturated heterocycles. The van der Waals surface area contributed by atoms with Crippen LogP contribution in [0.4, 0.5) is 0 Å². The van der Waals surface area contributed by atoms with Gasteiger partial charge in [0.05, 0.1) is 11.2 Å². The van der Waals surface area contributed by atoms with Gasteiger partial charge < -0.3 is 5.11 Å². The first kappa shape index (κ1) is 15.0. The van der Waals surface area contributed by atoms with Gasteiger partial charge in [-0.05, 0) is 18.4 Å². The summed E-state index contributed by atoms with van der Waals surface area (Å²) in [5.41, 5.74) is -0.236. The van der Waals surface area contributed by atoms with Crippen LogP contribution >= 0.6 is 0 Å². The summed E-state index contributed by atoms with van der Waals surface area (Å²) >= 11 is 0. The zero-order chi connectivity index (χ0) is 14.6. The highest BCUT2D eigenvalue weighted by Gasteiger charge is 2.41. The lowest BCUT2D eigenvalue weighted by molar-refractivity contribution is -0.148. The molecule has 0 radical (unpaired) electrons. The van der Waals surface area contributed by atoms with Gasteiger partial charge in [0.2, 0.25) is 10.0 Å². The van der Waals surface area contributed by atoms with Gasteiger partial charge in [-0.25, -0.2) is 13.1 Å². The summed E-state index contributed by atoms with van der Waals surface area (Å²) < 4.78 is 26.5. The van der Waals surface area contributed by atoms with Gasteiger partial charge in [0.15, 0.2) is 0 Å². The van der Waals surface area contributed by atoms with Crippen molar-refractivity contribution in [3.05, 3.63) is 35.9 Å². The second-order valence-corrected chi connectivity index (χ2v) is 7.17. The van der Waals surface area contributed by atoms with Crippen LogP contribution in [-0.4, -0.2) is 26.0 Å². The summed E-state index contributed by atoms with van der Waals surface area (Å²) in [6.45, 7) is -0.0164. The van der Waals surface area contributed by atoms with E-state index >= 15 is 0 Å². The van der Waals surface area contributed by atoms with E-state index in [1.54, 1.807) is 24.3 Å². The fourth-order valence-corrected chi connectivity index (χ4v) is 3.84. The number of sulfonamides is 1. The third kappa shape index (κ3) is 3.58. The quantitative estimate of drug-likeness (QED) is 0.838. The maximum Gasteiger partial charge on any atom is 0.310 e. The minimum absolute atomic E-state index is 0.0164. The van der Waals surface area contributed by atoms with Crippen LogP contribution in [0.25, 0.3) is 0 Å². The van der Waals surface area contributed by atoms with Gasteiger partial charge in [-0.3, -0.25) is 4.79 Å². The predicted molar refractivity (Wildman–Crippen MR) is 75.6 cm³/mol. The van der Waals surface area contributed by atoms with Crippen LogP contribution in [0.5, 0.6) is 0 Å². The molecule has 0 unspecified atom stereocenters. The number of hydrogen-bond acceptors (Lipinski definition) is 3. The number of aliphatic carboxylic acids is 1. The Bertz CT molecular complexity index is 562. The number of benzene rings is 1. The van der Waals surface area contributed by atoms with Gasteiger partial charge in [0.1, 0.15) is 0 Å². The summed E-state index contributed by atoms with van der Waals surface area (Å²) in [7, 11) is -3.51. The molecule has 20 heavy (non-hydrogen) atoms. The molecule has 0 amide bonds. The largest absolute Gasteiger partial charge is 0.481 e. The van der Waals surface area contributed by atoms with Crippen LogP contribution in [-0.2, 0) is 20.6 Å². The van der Waals surface area contributed by atoms with Crippen molar-refractivity contribution in [1.82, 2.24) is 4.72 Å². The minimum atomic E-state index is -3.51. The molecule has 5 nitrogen and oxygen atoms in total. The van der Waals surface area contributed by atoms with Crippen molar-refractivity contribution >= 4 is 16.0 Å². The van der Waals surface area contributed by atoms with Crippen molar-refractivity contribution < 1.29 is 18.3 Å². The first-order valence-corrected chi connectivity index (χ1v) is 8.33. The van der Waals surface area contributed by atoms with E-state index in [1.165, 1.54) is 0 Å². The van der Waals surface area contributed by atoms with E-state index in [-0.39, 0.29) is 12.3 Å². The van der Waals surface area contributed by atoms with E-state index in [9.17, 15) is 18.3 Å². The second kappa shape index (κ2) is 5.93. The average Bonchev–Trinajstić information content (AvgIpc) is 2.87. The Morgan fingerprint density at radius 2 is 1.80 bits per heavy atom. The topological polar surface area (TPSA) is 83.5 Å². The zero-order valence-corrected chi connectivity index (χ0v) is 12.0. The molecule has 1 aliphatic rings. The molecular weight excluding hydrogens is 278 g/mol. The summed E-state index contributed by atoms with van der Waals surface area (Å²) in [4.78, 5) is 11.4. The normalized spacial score (nSPS) is 18.0. The molecule has 0 heterocycles. The molecule has 0 bridgehead atoms. The average molecular weight is 297 g/mol. The molecule has 0 aliphatic heterocycles. The zero-order valence-electron chi connectivity index (χ0n) is 11.2. The van der Waals surface area contributed by atoms with E-state index < -0.39 is 21.4 Å². The Morgan fingerprint density at radius 1 is 1.20 bits per heavy atom. The van der Waals surface area contributed by atoms with E-state index in [0.717, 1.165) is 12.8 Å². The highest BCUT2D eigenvalue weighted by atomic mass is 32.2. The van der Waals surface area contributed by atoms with Crippen molar-refractivity contribution in [1.29, 1.82) is 0 Å². The highest BCUT2D eigenvalue weighted by molar-refractivity contribution is 7.88. The third-order valence-electron chi connectivity index (χ3n) is 3.84. The van der Waals surface area contributed by atoms with Crippen molar-refractivity contribution in [3.8, 4) is 0 Å². The van der Waals surface area contributed by atoms with E-state index in [2.05, 4.69) is 4.72 Å². The molecule has 110 valence electrons. The monoisotopic (exact) mass is 297 g/mol. The van der Waals surface area contributed by atoms with E-state index in [1.807, 2.05) is 6.07 Å². The molecule has 1 aromatic carbocycles. The Balaban J connectivity index is 2.00. The van der Waals surface area contributed by atoms with Gasteiger partial charge in [-0.1, -0.05) is 43.2 Å². The number of nitrogens with one attached hydrogen (secondary N) is 1. The summed E-state index contributed by atoms with van der Waals surface area (Å²) in [5, 5.41) is 9.32. The standard InChI is InChI=1S/C14H19NO4S/c16-13(17)14(8-4-5-9-14)11-15-20(18,19)10-12-6-2-1-3-7-12/h1-3,6-7,15H,4-5,8-11H2,(H,16,17). The van der Waals surface area contributed by atoms with E-state index in [4.69, 9.17) is 0 Å². The van der Waals surface area contributed by atoms with Gasteiger partial charge in [-0.2, -0.15) is 0 Å². The van der Waals surface area contributed by atoms with Crippen molar-refractivity contribution in [2.45, 2.75) is 31.4 Å². The maximum atomic E-state index is 12.0. The summed E-state index contributed by atoms with van der Waals surface area (Å²) in [5.74, 6) is -1.03. The highest BCUT2D eigenvalue weighted by Crippen LogP contribution is 2.37. The second-order valence-electron chi connectivity index (χ2n) is 5.36. The Hall–Kier alpha value is -1.40. The molecule has 2 rings (SSSR count). The Kier molecular flexibility index (Phi) is 4.45. The predicted octanol–water partition coefficient (Wildman–Crippen LogP) is 1.75. The van der Waals surface area contributed by atoms with Crippen LogP contribution in [0.1, 0.15) is 31.2 Å². The van der Waals surface area contributed by atoms with E-state index in [0.29, 0.717) is 18.4 Å². The number of hydrogen-bond donors (Lipinski definition) is 2. The van der Waals surface area contributed by atoms with Crippen LogP contribution in [0.3, 0.4) is 0 Å². The minimum Gasteiger partial charge on any atom is -0.481 e. The first-order valence-electron chi connectivity index (χ1n) is 6.68. The number of carbonyl (C=O) groups is 1. The first-order chi connectivity index (χ1) is 9.44. The fraction of sp³-hybridized carbons (Fsp3) is 0.500. The third-order valence-corrected chi connectivity index (χ3v) is 5.14. The molecule has 6 heteroatoms. The van der Waals surface area contributed by atoms with Crippen molar-refractivity contribution in [2.75, 3.05) is 6.54 Å². The number of carboxylic acids is 1. The smallest absolute Gasteiger partial charge is 0.310 e. The lowest BCUT2D eigenvalue weighted by atomic mass is 9.87. The summed E-state index contributed by atoms with van der Waals surface area (Å²) in [6, 6.07) is 8.85. The molecule has 1 aliphatic carbocycles. The van der Waals surface area contributed by atoms with Crippen LogP contribution < -0.4 is 4.72 Å². The van der Waals surface area contributed by atoms with Gasteiger partial charge in [0, 0.05) is 6.54 Å². The maximum absolute atomic E-state index is 12.0. The lowest BCUT2D eigenvalue weighted by Gasteiger charge is -2.23. The molecular formula is C14H19NO4S. The molecule has 1 fully saturated rings. The molecule has 0 aromatic heterocycles. The SMILES string of the molecule is O=C(O)C1(CNS(=O)(=O)Cc2ccccc2)CCCC1. The summed E-state index contributed by atoms with van der Waals surface area (Å²) in [6.07, 6.45) is 2.76. The van der Waals surface area contributed by atoms with Crippen molar-refractivity contribution in [2.24, 2.45) is 5.41 Å². The molecule has 2 N–H and O–H groups in total. The van der Waals surface area contributed by atoms with Crippen LogP contribution in [0.2, 0.25) is 0 Å². The number of carboxylic acid groups (broad SMARTS) is 1. The fourth-order valence-electron chi connectivity index (χ4n) is 2.61. The Labute approximate surface area is 119 Å². The Morgan fingerprint density at radius 3 is 2.35 bits per heavy atom. The van der Waals surface area contributed by atoms with Crippen LogP contribution in [0.15, 0.2) is 30.3 Å². The molecule has 0 spiro atoms. The van der Waals surface area contributed by atoms with Gasteiger partial charge in [0.25, 0.3) is 0 Å².